The molecule has 0 aliphatic rings. The van der Waals surface area contributed by atoms with Crippen LogP contribution in [-0.4, -0.2) is 9.78 Å². The van der Waals surface area contributed by atoms with Crippen molar-refractivity contribution in [2.75, 3.05) is 0 Å². The van der Waals surface area contributed by atoms with Crippen LogP contribution in [0.25, 0.3) is 0 Å². The molecule has 2 nitrogen and oxygen atoms in total. The monoisotopic (exact) mass is 182 g/mol. The van der Waals surface area contributed by atoms with Crippen molar-refractivity contribution in [2.24, 2.45) is 0 Å². The molecule has 1 aromatic heterocycles. The lowest BCUT2D eigenvalue weighted by Gasteiger charge is -2.01. The van der Waals surface area contributed by atoms with Crippen LogP contribution in [0.4, 0.5) is 0 Å². The van der Waals surface area contributed by atoms with Crippen LogP contribution in [0.2, 0.25) is 5.02 Å². The lowest BCUT2D eigenvalue weighted by atomic mass is 10.3. The second-order valence-corrected chi connectivity index (χ2v) is 3.02. The Morgan fingerprint density at radius 3 is 3.00 bits per heavy atom. The fraction of sp³-hybridized carbons (Fsp3) is 0.444. The third kappa shape index (κ3) is 2.02. The number of nitrogens with zero attached hydrogens (tertiary/aromatic N) is 2. The topological polar surface area (TPSA) is 17.8 Å². The molecule has 0 unspecified atom stereocenters. The van der Waals surface area contributed by atoms with Gasteiger partial charge in [0.2, 0.25) is 0 Å². The molecule has 1 rings (SSSR count). The Morgan fingerprint density at radius 2 is 2.50 bits per heavy atom. The van der Waals surface area contributed by atoms with Gasteiger partial charge >= 0.3 is 0 Å². The second-order valence-electron chi connectivity index (χ2n) is 2.61. The number of rotatable bonds is 3. The lowest BCUT2D eigenvalue weighted by molar-refractivity contribution is 0.573. The Morgan fingerprint density at radius 1 is 1.75 bits per heavy atom. The molecule has 0 N–H and O–H groups in total. The summed E-state index contributed by atoms with van der Waals surface area (Å²) in [7, 11) is 0. The van der Waals surface area contributed by atoms with Gasteiger partial charge in [0.15, 0.2) is 0 Å². The van der Waals surface area contributed by atoms with E-state index in [1.54, 1.807) is 6.20 Å². The summed E-state index contributed by atoms with van der Waals surface area (Å²) in [6, 6.07) is 0. The maximum atomic E-state index is 5.82. The van der Waals surface area contributed by atoms with Crippen molar-refractivity contribution in [3.8, 4) is 12.3 Å². The molecule has 1 aromatic rings. The number of halogens is 1. The molecule has 64 valence electrons. The average Bonchev–Trinajstić information content (AvgIpc) is 2.36. The molecule has 0 saturated carbocycles. The fourth-order valence-electron chi connectivity index (χ4n) is 0.980. The molecule has 0 saturated heterocycles. The number of hydrogen-bond donors (Lipinski definition) is 0. The van der Waals surface area contributed by atoms with Crippen molar-refractivity contribution < 1.29 is 0 Å². The highest BCUT2D eigenvalue weighted by Gasteiger charge is 2.01. The maximum absolute atomic E-state index is 5.82. The predicted octanol–water partition coefficient (Wildman–Crippen LogP) is 2.26. The largest absolute Gasteiger partial charge is 0.268 e. The fourth-order valence-corrected chi connectivity index (χ4v) is 1.12. The van der Waals surface area contributed by atoms with Crippen LogP contribution >= 0.6 is 11.6 Å². The summed E-state index contributed by atoms with van der Waals surface area (Å²) < 4.78 is 1.87. The van der Waals surface area contributed by atoms with Gasteiger partial charge in [0, 0.05) is 13.0 Å². The zero-order chi connectivity index (χ0) is 8.97. The molecule has 1 heterocycles. The summed E-state index contributed by atoms with van der Waals surface area (Å²) in [5, 5.41) is 4.82. The Kier molecular flexibility index (Phi) is 3.19. The molecule has 0 atom stereocenters. The van der Waals surface area contributed by atoms with Crippen molar-refractivity contribution >= 4 is 11.6 Å². The Hall–Kier alpha value is -0.940. The highest BCUT2D eigenvalue weighted by molar-refractivity contribution is 6.31. The molecule has 0 amide bonds. The van der Waals surface area contributed by atoms with E-state index >= 15 is 0 Å². The van der Waals surface area contributed by atoms with E-state index in [-0.39, 0.29) is 0 Å². The molecule has 0 fully saturated rings. The third-order valence-corrected chi connectivity index (χ3v) is 2.11. The number of terminal acetylenes is 1. The number of aryl methyl sites for hydroxylation is 1. The molecular weight excluding hydrogens is 172 g/mol. The van der Waals surface area contributed by atoms with Gasteiger partial charge in [-0.05, 0) is 13.3 Å². The van der Waals surface area contributed by atoms with Crippen molar-refractivity contribution in [1.82, 2.24) is 9.78 Å². The van der Waals surface area contributed by atoms with Crippen molar-refractivity contribution in [1.29, 1.82) is 0 Å². The molecule has 3 heteroatoms. The maximum Gasteiger partial charge on any atom is 0.0814 e. The first-order valence-corrected chi connectivity index (χ1v) is 4.25. The van der Waals surface area contributed by atoms with Gasteiger partial charge < -0.3 is 0 Å². The zero-order valence-corrected chi connectivity index (χ0v) is 7.80. The number of aromatic nitrogens is 2. The van der Waals surface area contributed by atoms with Crippen LogP contribution in [0.1, 0.15) is 18.5 Å². The summed E-state index contributed by atoms with van der Waals surface area (Å²) in [6.07, 6.45) is 8.53. The van der Waals surface area contributed by atoms with Crippen LogP contribution in [0, 0.1) is 19.3 Å². The molecular formula is C9H11ClN2. The van der Waals surface area contributed by atoms with E-state index in [1.807, 2.05) is 11.6 Å². The predicted molar refractivity (Wildman–Crippen MR) is 50.0 cm³/mol. The first-order valence-electron chi connectivity index (χ1n) is 3.87. The summed E-state index contributed by atoms with van der Waals surface area (Å²) in [5.74, 6) is 2.59. The summed E-state index contributed by atoms with van der Waals surface area (Å²) >= 11 is 5.82. The van der Waals surface area contributed by atoms with Crippen LogP contribution in [0.3, 0.4) is 0 Å². The zero-order valence-electron chi connectivity index (χ0n) is 7.05. The summed E-state index contributed by atoms with van der Waals surface area (Å²) in [5.41, 5.74) is 1.01. The van der Waals surface area contributed by atoms with E-state index in [9.17, 15) is 0 Å². The first kappa shape index (κ1) is 9.15. The van der Waals surface area contributed by atoms with Crippen LogP contribution in [-0.2, 0) is 6.54 Å². The van der Waals surface area contributed by atoms with Crippen molar-refractivity contribution in [3.63, 3.8) is 0 Å². The Bertz CT molecular complexity index is 296. The molecule has 0 aliphatic heterocycles. The van der Waals surface area contributed by atoms with Gasteiger partial charge in [-0.1, -0.05) is 11.6 Å². The SMILES string of the molecule is C#CCCCn1ncc(Cl)c1C. The first-order chi connectivity index (χ1) is 5.75. The minimum Gasteiger partial charge on any atom is -0.268 e. The molecule has 0 spiro atoms. The van der Waals surface area contributed by atoms with Gasteiger partial charge in [0.05, 0.1) is 16.9 Å². The van der Waals surface area contributed by atoms with Gasteiger partial charge in [-0.3, -0.25) is 4.68 Å². The normalized spacial score (nSPS) is 9.75. The van der Waals surface area contributed by atoms with E-state index in [0.717, 1.165) is 30.1 Å². The van der Waals surface area contributed by atoms with Crippen LogP contribution < -0.4 is 0 Å². The van der Waals surface area contributed by atoms with E-state index in [2.05, 4.69) is 11.0 Å². The molecule has 12 heavy (non-hydrogen) atoms. The van der Waals surface area contributed by atoms with E-state index in [0.29, 0.717) is 0 Å². The van der Waals surface area contributed by atoms with Gasteiger partial charge in [0.25, 0.3) is 0 Å². The quantitative estimate of drug-likeness (QED) is 0.518. The third-order valence-electron chi connectivity index (χ3n) is 1.73. The van der Waals surface area contributed by atoms with Gasteiger partial charge in [-0.2, -0.15) is 5.10 Å². The molecule has 0 bridgehead atoms. The summed E-state index contributed by atoms with van der Waals surface area (Å²) in [4.78, 5) is 0. The standard InChI is InChI=1S/C9H11ClN2/c1-3-4-5-6-12-8(2)9(10)7-11-12/h1,7H,4-6H2,2H3. The lowest BCUT2D eigenvalue weighted by Crippen LogP contribution is -2.01. The Balaban J connectivity index is 2.53. The smallest absolute Gasteiger partial charge is 0.0814 e. The molecule has 0 aliphatic carbocycles. The van der Waals surface area contributed by atoms with Crippen molar-refractivity contribution in [3.05, 3.63) is 16.9 Å². The van der Waals surface area contributed by atoms with Crippen molar-refractivity contribution in [2.45, 2.75) is 26.3 Å². The highest BCUT2D eigenvalue weighted by atomic mass is 35.5. The summed E-state index contributed by atoms with van der Waals surface area (Å²) in [6.45, 7) is 2.80. The number of hydrogen-bond acceptors (Lipinski definition) is 1. The average molecular weight is 183 g/mol. The number of unbranched alkanes of at least 4 members (excludes halogenated alkanes) is 1. The van der Waals surface area contributed by atoms with Crippen LogP contribution in [0.15, 0.2) is 6.20 Å². The Labute approximate surface area is 77.5 Å². The molecule has 0 aromatic carbocycles. The second kappa shape index (κ2) is 4.18. The van der Waals surface area contributed by atoms with Crippen LogP contribution in [0.5, 0.6) is 0 Å². The van der Waals surface area contributed by atoms with E-state index in [4.69, 9.17) is 18.0 Å². The highest BCUT2D eigenvalue weighted by Crippen LogP contribution is 2.13. The minimum absolute atomic E-state index is 0.718. The van der Waals surface area contributed by atoms with Gasteiger partial charge in [-0.15, -0.1) is 12.3 Å². The van der Waals surface area contributed by atoms with E-state index in [1.165, 1.54) is 0 Å². The van der Waals surface area contributed by atoms with Gasteiger partial charge in [0.1, 0.15) is 0 Å². The van der Waals surface area contributed by atoms with Gasteiger partial charge in [-0.25, -0.2) is 0 Å². The van der Waals surface area contributed by atoms with E-state index < -0.39 is 0 Å². The minimum atomic E-state index is 0.718. The molecule has 0 radical (unpaired) electrons.